The van der Waals surface area contributed by atoms with Gasteiger partial charge in [-0.15, -0.1) is 0 Å². The SMILES string of the molecule is CC[PH](C)(O)C(C)C. The van der Waals surface area contributed by atoms with Crippen molar-refractivity contribution < 1.29 is 4.89 Å². The van der Waals surface area contributed by atoms with Crippen LogP contribution in [0.1, 0.15) is 20.8 Å². The summed E-state index contributed by atoms with van der Waals surface area (Å²) in [5, 5.41) is 0. The van der Waals surface area contributed by atoms with E-state index in [4.69, 9.17) is 0 Å². The molecule has 2 heteroatoms. The van der Waals surface area contributed by atoms with Crippen molar-refractivity contribution in [3.05, 3.63) is 0 Å². The Labute approximate surface area is 52.5 Å². The summed E-state index contributed by atoms with van der Waals surface area (Å²) in [7, 11) is -1.75. The second-order valence-corrected chi connectivity index (χ2v) is 7.44. The van der Waals surface area contributed by atoms with Gasteiger partial charge in [0.05, 0.1) is 0 Å². The van der Waals surface area contributed by atoms with E-state index >= 15 is 0 Å². The molecule has 0 spiro atoms. The second-order valence-electron chi connectivity index (χ2n) is 2.87. The monoisotopic (exact) mass is 136 g/mol. The predicted molar refractivity (Wildman–Crippen MR) is 42.1 cm³/mol. The minimum absolute atomic E-state index is 0.507. The summed E-state index contributed by atoms with van der Waals surface area (Å²) in [5.41, 5.74) is 0.507. The summed E-state index contributed by atoms with van der Waals surface area (Å²) in [6.45, 7) is 8.26. The van der Waals surface area contributed by atoms with Crippen LogP contribution in [0.15, 0.2) is 0 Å². The molecule has 0 fully saturated rings. The molecule has 0 atom stereocenters. The Balaban J connectivity index is 3.71. The average molecular weight is 136 g/mol. The van der Waals surface area contributed by atoms with Gasteiger partial charge in [0, 0.05) is 0 Å². The first-order chi connectivity index (χ1) is 3.50. The summed E-state index contributed by atoms with van der Waals surface area (Å²) < 4.78 is 0. The molecule has 0 aliphatic heterocycles. The summed E-state index contributed by atoms with van der Waals surface area (Å²) in [5.74, 6) is 0. The summed E-state index contributed by atoms with van der Waals surface area (Å²) in [6, 6.07) is 0. The fourth-order valence-corrected chi connectivity index (χ4v) is 1.22. The Hall–Kier alpha value is 0.390. The van der Waals surface area contributed by atoms with Gasteiger partial charge in [0.25, 0.3) is 0 Å². The van der Waals surface area contributed by atoms with E-state index in [2.05, 4.69) is 20.8 Å². The minimum atomic E-state index is -1.75. The maximum absolute atomic E-state index is 9.54. The van der Waals surface area contributed by atoms with Crippen molar-refractivity contribution >= 4 is 7.49 Å². The summed E-state index contributed by atoms with van der Waals surface area (Å²) in [6.07, 6.45) is 0.977. The molecule has 1 nitrogen and oxygen atoms in total. The number of hydrogen-bond acceptors (Lipinski definition) is 1. The number of hydrogen-bond donors (Lipinski definition) is 1. The third-order valence-electron chi connectivity index (χ3n) is 1.96. The van der Waals surface area contributed by atoms with Gasteiger partial charge in [-0.2, -0.15) is 0 Å². The molecule has 0 saturated carbocycles. The van der Waals surface area contributed by atoms with E-state index in [9.17, 15) is 4.89 Å². The Morgan fingerprint density at radius 3 is 1.88 bits per heavy atom. The van der Waals surface area contributed by atoms with E-state index in [0.29, 0.717) is 5.66 Å². The van der Waals surface area contributed by atoms with Gasteiger partial charge in [-0.1, -0.05) is 0 Å². The van der Waals surface area contributed by atoms with E-state index in [-0.39, 0.29) is 0 Å². The second kappa shape index (κ2) is 2.80. The molecule has 0 saturated heterocycles. The molecule has 8 heavy (non-hydrogen) atoms. The first kappa shape index (κ1) is 8.39. The fourth-order valence-electron chi connectivity index (χ4n) is 0.408. The average Bonchev–Trinajstić information content (AvgIpc) is 1.67. The van der Waals surface area contributed by atoms with E-state index in [1.807, 2.05) is 6.66 Å². The third-order valence-corrected chi connectivity index (χ3v) is 5.88. The van der Waals surface area contributed by atoms with Crippen LogP contribution >= 0.6 is 7.49 Å². The standard InChI is InChI=1S/C6H17OP/c1-5-8(4,7)6(2)3/h6-8H,5H2,1-4H3. The van der Waals surface area contributed by atoms with Gasteiger partial charge >= 0.3 is 51.6 Å². The molecule has 0 bridgehead atoms. The molecule has 0 aromatic carbocycles. The molecular weight excluding hydrogens is 119 g/mol. The van der Waals surface area contributed by atoms with Crippen LogP contribution < -0.4 is 0 Å². The van der Waals surface area contributed by atoms with Crippen molar-refractivity contribution in [1.82, 2.24) is 0 Å². The molecule has 0 aliphatic carbocycles. The van der Waals surface area contributed by atoms with E-state index in [1.54, 1.807) is 0 Å². The van der Waals surface area contributed by atoms with Crippen molar-refractivity contribution in [1.29, 1.82) is 0 Å². The fraction of sp³-hybridized carbons (Fsp3) is 1.00. The Morgan fingerprint density at radius 1 is 1.50 bits per heavy atom. The quantitative estimate of drug-likeness (QED) is 0.573. The van der Waals surface area contributed by atoms with Crippen LogP contribution in [0.4, 0.5) is 0 Å². The Kier molecular flexibility index (Phi) is 2.93. The molecule has 0 heterocycles. The number of rotatable bonds is 2. The molecule has 0 aliphatic rings. The first-order valence-corrected chi connectivity index (χ1v) is 5.96. The molecule has 0 aromatic rings. The molecular formula is C6H17OP. The molecule has 52 valence electrons. The van der Waals surface area contributed by atoms with Crippen LogP contribution in [0.5, 0.6) is 0 Å². The van der Waals surface area contributed by atoms with E-state index < -0.39 is 7.49 Å². The van der Waals surface area contributed by atoms with Crippen molar-refractivity contribution in [2.75, 3.05) is 12.8 Å². The van der Waals surface area contributed by atoms with Gasteiger partial charge < -0.3 is 0 Å². The zero-order valence-electron chi connectivity index (χ0n) is 6.23. The zero-order valence-corrected chi connectivity index (χ0v) is 7.23. The predicted octanol–water partition coefficient (Wildman–Crippen LogP) is 1.70. The van der Waals surface area contributed by atoms with Gasteiger partial charge in [0.1, 0.15) is 0 Å². The van der Waals surface area contributed by atoms with E-state index in [1.165, 1.54) is 0 Å². The Morgan fingerprint density at radius 2 is 1.88 bits per heavy atom. The van der Waals surface area contributed by atoms with Crippen molar-refractivity contribution in [2.45, 2.75) is 26.4 Å². The van der Waals surface area contributed by atoms with Crippen LogP contribution in [-0.4, -0.2) is 23.4 Å². The summed E-state index contributed by atoms with van der Waals surface area (Å²) >= 11 is 0. The van der Waals surface area contributed by atoms with Crippen molar-refractivity contribution in [3.8, 4) is 0 Å². The zero-order chi connectivity index (χ0) is 6.78. The molecule has 0 rings (SSSR count). The van der Waals surface area contributed by atoms with Gasteiger partial charge in [0.2, 0.25) is 0 Å². The molecule has 0 aromatic heterocycles. The third kappa shape index (κ3) is 2.11. The molecule has 0 unspecified atom stereocenters. The van der Waals surface area contributed by atoms with Crippen LogP contribution in [0.3, 0.4) is 0 Å². The maximum atomic E-state index is 9.54. The molecule has 0 amide bonds. The first-order valence-electron chi connectivity index (χ1n) is 3.23. The van der Waals surface area contributed by atoms with Gasteiger partial charge in [-0.05, 0) is 0 Å². The van der Waals surface area contributed by atoms with Crippen LogP contribution in [0, 0.1) is 0 Å². The van der Waals surface area contributed by atoms with Gasteiger partial charge in [-0.25, -0.2) is 0 Å². The van der Waals surface area contributed by atoms with E-state index in [0.717, 1.165) is 6.16 Å². The van der Waals surface area contributed by atoms with Crippen molar-refractivity contribution in [2.24, 2.45) is 0 Å². The normalized spacial score (nSPS) is 14.8. The molecule has 1 N–H and O–H groups in total. The van der Waals surface area contributed by atoms with Gasteiger partial charge in [-0.3, -0.25) is 0 Å². The topological polar surface area (TPSA) is 20.2 Å². The van der Waals surface area contributed by atoms with Crippen LogP contribution in [0.2, 0.25) is 0 Å². The summed E-state index contributed by atoms with van der Waals surface area (Å²) in [4.78, 5) is 9.54. The van der Waals surface area contributed by atoms with Crippen LogP contribution in [-0.2, 0) is 0 Å². The van der Waals surface area contributed by atoms with Crippen molar-refractivity contribution in [3.63, 3.8) is 0 Å². The van der Waals surface area contributed by atoms with Crippen LogP contribution in [0.25, 0.3) is 0 Å². The Bertz CT molecular complexity index is 68.9. The molecule has 0 radical (unpaired) electrons. The van der Waals surface area contributed by atoms with Gasteiger partial charge in [0.15, 0.2) is 0 Å².